The molecule has 2 N–H and O–H groups in total. The summed E-state index contributed by atoms with van der Waals surface area (Å²) in [5, 5.41) is 3.96. The smallest absolute Gasteiger partial charge is 0.259 e. The first-order chi connectivity index (χ1) is 13.4. The van der Waals surface area contributed by atoms with Crippen LogP contribution in [0.4, 0.5) is 4.39 Å². The van der Waals surface area contributed by atoms with Gasteiger partial charge in [-0.25, -0.2) is 4.39 Å². The van der Waals surface area contributed by atoms with Crippen molar-refractivity contribution in [3.63, 3.8) is 0 Å². The second-order valence-electron chi connectivity index (χ2n) is 7.86. The van der Waals surface area contributed by atoms with Gasteiger partial charge in [0, 0.05) is 31.6 Å². The van der Waals surface area contributed by atoms with Crippen molar-refractivity contribution in [3.8, 4) is 0 Å². The Balaban J connectivity index is 1.48. The van der Waals surface area contributed by atoms with Crippen LogP contribution in [-0.2, 0) is 0 Å². The van der Waals surface area contributed by atoms with E-state index in [0.29, 0.717) is 29.6 Å². The Morgan fingerprint density at radius 2 is 2.04 bits per heavy atom. The number of aryl methyl sites for hydroxylation is 1. The number of nitrogens with one attached hydrogen (secondary N) is 2. The van der Waals surface area contributed by atoms with Gasteiger partial charge in [-0.1, -0.05) is 31.1 Å². The highest BCUT2D eigenvalue weighted by Gasteiger charge is 2.27. The second kappa shape index (κ2) is 8.84. The molecule has 2 heterocycles. The summed E-state index contributed by atoms with van der Waals surface area (Å²) in [5.41, 5.74) is 8.90. The van der Waals surface area contributed by atoms with E-state index in [-0.39, 0.29) is 23.7 Å². The lowest BCUT2D eigenvalue weighted by Gasteiger charge is -2.19. The summed E-state index contributed by atoms with van der Waals surface area (Å²) in [4.78, 5) is 14.6. The molecule has 1 aliphatic rings. The third-order valence-corrected chi connectivity index (χ3v) is 5.27. The van der Waals surface area contributed by atoms with Gasteiger partial charge in [-0.2, -0.15) is 0 Å². The predicted molar refractivity (Wildman–Crippen MR) is 105 cm³/mol. The Kier molecular flexibility index (Phi) is 6.46. The molecular formula is C21H29FN4O2. The lowest BCUT2D eigenvalue weighted by Crippen LogP contribution is -2.33. The number of hydrogen-bond donors (Lipinski definition) is 2. The van der Waals surface area contributed by atoms with E-state index in [4.69, 9.17) is 4.52 Å². The molecule has 1 saturated heterocycles. The first kappa shape index (κ1) is 20.5. The van der Waals surface area contributed by atoms with Crippen LogP contribution in [0.2, 0.25) is 0 Å². The van der Waals surface area contributed by atoms with Gasteiger partial charge in [0.1, 0.15) is 11.4 Å². The zero-order valence-corrected chi connectivity index (χ0v) is 17.0. The Morgan fingerprint density at radius 3 is 2.71 bits per heavy atom. The standard InChI is InChI=1S/C21H29FN4O2/c1-13(2)20-19(14(3)25-28-20)21(27)26(4)11-5-6-17-12-18(24-23-17)15-7-9-16(22)10-8-15/h7-10,13,17-18,23-24H,5-6,11-12H2,1-4H3. The topological polar surface area (TPSA) is 70.4 Å². The molecule has 2 atom stereocenters. The molecule has 3 rings (SSSR count). The van der Waals surface area contributed by atoms with Gasteiger partial charge in [0.15, 0.2) is 5.76 Å². The Labute approximate surface area is 165 Å². The predicted octanol–water partition coefficient (Wildman–Crippen LogP) is 3.71. The molecule has 0 aliphatic carbocycles. The quantitative estimate of drug-likeness (QED) is 0.757. The van der Waals surface area contributed by atoms with Crippen molar-refractivity contribution in [2.75, 3.05) is 13.6 Å². The fourth-order valence-electron chi connectivity index (χ4n) is 3.63. The van der Waals surface area contributed by atoms with Crippen molar-refractivity contribution in [3.05, 3.63) is 52.7 Å². The lowest BCUT2D eigenvalue weighted by molar-refractivity contribution is 0.0788. The monoisotopic (exact) mass is 388 g/mol. The van der Waals surface area contributed by atoms with Gasteiger partial charge in [0.2, 0.25) is 0 Å². The average Bonchev–Trinajstić information content (AvgIpc) is 3.28. The van der Waals surface area contributed by atoms with Crippen molar-refractivity contribution in [2.45, 2.75) is 58.0 Å². The van der Waals surface area contributed by atoms with E-state index in [1.807, 2.05) is 33.0 Å². The molecule has 152 valence electrons. The molecule has 2 unspecified atom stereocenters. The molecule has 1 aliphatic heterocycles. The minimum atomic E-state index is -0.220. The first-order valence-corrected chi connectivity index (χ1v) is 9.85. The summed E-state index contributed by atoms with van der Waals surface area (Å²) in [5.74, 6) is 0.510. The number of aromatic nitrogens is 1. The fourth-order valence-corrected chi connectivity index (χ4v) is 3.63. The van der Waals surface area contributed by atoms with Crippen LogP contribution < -0.4 is 10.9 Å². The molecule has 28 heavy (non-hydrogen) atoms. The molecule has 0 radical (unpaired) electrons. The Bertz CT molecular complexity index is 803. The summed E-state index contributed by atoms with van der Waals surface area (Å²) >= 11 is 0. The average molecular weight is 388 g/mol. The van der Waals surface area contributed by atoms with E-state index < -0.39 is 0 Å². The highest BCUT2D eigenvalue weighted by molar-refractivity contribution is 5.96. The lowest BCUT2D eigenvalue weighted by atomic mass is 9.99. The van der Waals surface area contributed by atoms with Crippen LogP contribution in [-0.4, -0.2) is 35.6 Å². The van der Waals surface area contributed by atoms with Crippen LogP contribution in [0, 0.1) is 12.7 Å². The normalized spacial score (nSPS) is 19.4. The van der Waals surface area contributed by atoms with Crippen LogP contribution in [0.3, 0.4) is 0 Å². The summed E-state index contributed by atoms with van der Waals surface area (Å²) in [6.07, 6.45) is 2.77. The third kappa shape index (κ3) is 4.59. The van der Waals surface area contributed by atoms with E-state index in [1.54, 1.807) is 11.8 Å². The number of amides is 1. The second-order valence-corrected chi connectivity index (χ2v) is 7.86. The molecular weight excluding hydrogens is 359 g/mol. The number of carbonyl (C=O) groups is 1. The maximum atomic E-state index is 13.1. The van der Waals surface area contributed by atoms with E-state index in [0.717, 1.165) is 24.8 Å². The number of hydrogen-bond acceptors (Lipinski definition) is 5. The number of hydrazine groups is 1. The van der Waals surface area contributed by atoms with Gasteiger partial charge in [-0.05, 0) is 43.9 Å². The molecule has 7 heteroatoms. The van der Waals surface area contributed by atoms with Crippen molar-refractivity contribution in [1.82, 2.24) is 20.9 Å². The highest BCUT2D eigenvalue weighted by Crippen LogP contribution is 2.25. The summed E-state index contributed by atoms with van der Waals surface area (Å²) < 4.78 is 18.4. The zero-order chi connectivity index (χ0) is 20.3. The molecule has 2 aromatic rings. The molecule has 1 aromatic heterocycles. The number of benzene rings is 1. The summed E-state index contributed by atoms with van der Waals surface area (Å²) in [7, 11) is 1.82. The van der Waals surface area contributed by atoms with Crippen molar-refractivity contribution in [2.24, 2.45) is 0 Å². The fraction of sp³-hybridized carbons (Fsp3) is 0.524. The maximum Gasteiger partial charge on any atom is 0.259 e. The first-order valence-electron chi connectivity index (χ1n) is 9.85. The third-order valence-electron chi connectivity index (χ3n) is 5.27. The molecule has 0 saturated carbocycles. The Morgan fingerprint density at radius 1 is 1.32 bits per heavy atom. The van der Waals surface area contributed by atoms with Crippen LogP contribution in [0.5, 0.6) is 0 Å². The van der Waals surface area contributed by atoms with Crippen LogP contribution >= 0.6 is 0 Å². The van der Waals surface area contributed by atoms with E-state index in [9.17, 15) is 9.18 Å². The van der Waals surface area contributed by atoms with Gasteiger partial charge < -0.3 is 9.42 Å². The van der Waals surface area contributed by atoms with E-state index in [1.165, 1.54) is 12.1 Å². The number of rotatable bonds is 7. The van der Waals surface area contributed by atoms with Gasteiger partial charge in [-0.3, -0.25) is 15.6 Å². The highest BCUT2D eigenvalue weighted by atomic mass is 19.1. The van der Waals surface area contributed by atoms with Crippen molar-refractivity contribution in [1.29, 1.82) is 0 Å². The van der Waals surface area contributed by atoms with Gasteiger partial charge in [-0.15, -0.1) is 0 Å². The molecule has 6 nitrogen and oxygen atoms in total. The van der Waals surface area contributed by atoms with Crippen LogP contribution in [0.1, 0.15) is 72.4 Å². The molecule has 1 fully saturated rings. The van der Waals surface area contributed by atoms with Crippen LogP contribution in [0.25, 0.3) is 0 Å². The molecule has 0 bridgehead atoms. The number of halogens is 1. The van der Waals surface area contributed by atoms with Gasteiger partial charge in [0.05, 0.1) is 5.69 Å². The van der Waals surface area contributed by atoms with E-state index >= 15 is 0 Å². The van der Waals surface area contributed by atoms with E-state index in [2.05, 4.69) is 16.0 Å². The van der Waals surface area contributed by atoms with Gasteiger partial charge >= 0.3 is 0 Å². The molecule has 0 spiro atoms. The largest absolute Gasteiger partial charge is 0.360 e. The van der Waals surface area contributed by atoms with Crippen molar-refractivity contribution >= 4 is 5.91 Å². The minimum Gasteiger partial charge on any atom is -0.360 e. The summed E-state index contributed by atoms with van der Waals surface area (Å²) in [6.45, 7) is 6.46. The zero-order valence-electron chi connectivity index (χ0n) is 17.0. The number of nitrogens with zero attached hydrogens (tertiary/aromatic N) is 2. The maximum absolute atomic E-state index is 13.1. The van der Waals surface area contributed by atoms with Crippen molar-refractivity contribution < 1.29 is 13.7 Å². The molecule has 1 amide bonds. The number of carbonyl (C=O) groups excluding carboxylic acids is 1. The Hall–Kier alpha value is -2.25. The van der Waals surface area contributed by atoms with Gasteiger partial charge in [0.25, 0.3) is 5.91 Å². The molecule has 1 aromatic carbocycles. The summed E-state index contributed by atoms with van der Waals surface area (Å²) in [6, 6.07) is 7.11. The minimum absolute atomic E-state index is 0.0378. The SMILES string of the molecule is Cc1noc(C(C)C)c1C(=O)N(C)CCCC1CC(c2ccc(F)cc2)NN1. The van der Waals surface area contributed by atoms with Crippen LogP contribution in [0.15, 0.2) is 28.8 Å².